The second-order valence-electron chi connectivity index (χ2n) is 5.65. The van der Waals surface area contributed by atoms with Crippen LogP contribution >= 0.6 is 0 Å². The fourth-order valence-electron chi connectivity index (χ4n) is 2.95. The summed E-state index contributed by atoms with van der Waals surface area (Å²) in [5, 5.41) is 21.4. The van der Waals surface area contributed by atoms with Gasteiger partial charge in [-0.1, -0.05) is 60.7 Å². The molecular formula is C21H16N4. The molecule has 4 rings (SSSR count). The van der Waals surface area contributed by atoms with E-state index < -0.39 is 0 Å². The van der Waals surface area contributed by atoms with Crippen molar-refractivity contribution < 1.29 is 0 Å². The number of fused-ring (bicyclic) bond motifs is 2. The molecule has 0 unspecified atom stereocenters. The minimum atomic E-state index is 0.818. The summed E-state index contributed by atoms with van der Waals surface area (Å²) in [6.45, 7) is 0. The van der Waals surface area contributed by atoms with Crippen molar-refractivity contribution in [1.29, 1.82) is 0 Å². The third-order valence-electron chi connectivity index (χ3n) is 4.12. The lowest BCUT2D eigenvalue weighted by molar-refractivity contribution is 1.17. The lowest BCUT2D eigenvalue weighted by Crippen LogP contribution is -1.76. The number of hydrogen-bond acceptors (Lipinski definition) is 4. The Balaban J connectivity index is 1.83. The van der Waals surface area contributed by atoms with E-state index in [1.54, 1.807) is 7.05 Å². The molecule has 0 aliphatic rings. The van der Waals surface area contributed by atoms with E-state index in [9.17, 15) is 0 Å². The summed E-state index contributed by atoms with van der Waals surface area (Å²) >= 11 is 0. The van der Waals surface area contributed by atoms with Crippen LogP contribution in [-0.2, 0) is 0 Å². The first-order valence-electron chi connectivity index (χ1n) is 8.08. The van der Waals surface area contributed by atoms with E-state index in [1.165, 1.54) is 0 Å². The second kappa shape index (κ2) is 6.61. The van der Waals surface area contributed by atoms with E-state index in [1.807, 2.05) is 60.7 Å². The Bertz CT molecular complexity index is 1110. The van der Waals surface area contributed by atoms with Gasteiger partial charge in [0, 0.05) is 23.2 Å². The van der Waals surface area contributed by atoms with Gasteiger partial charge < -0.3 is 0 Å². The van der Waals surface area contributed by atoms with Crippen LogP contribution in [0.3, 0.4) is 0 Å². The van der Waals surface area contributed by atoms with E-state index in [4.69, 9.17) is 0 Å². The first-order valence-corrected chi connectivity index (χ1v) is 8.08. The van der Waals surface area contributed by atoms with Crippen LogP contribution in [0.25, 0.3) is 21.5 Å². The Kier molecular flexibility index (Phi) is 4.01. The summed E-state index contributed by atoms with van der Waals surface area (Å²) in [4.78, 5) is 0. The standard InChI is InChI=1S/C21H16N4/c1-22-23-20-13-14-21(18-11-5-4-10-17(18)20)25-24-19-12-6-8-15-7-2-3-9-16(15)19/h2-14H,1H3. The van der Waals surface area contributed by atoms with Crippen molar-refractivity contribution in [1.82, 2.24) is 0 Å². The normalized spacial score (nSPS) is 11.9. The quantitative estimate of drug-likeness (QED) is 0.360. The molecule has 0 aliphatic heterocycles. The molecule has 0 amide bonds. The fourth-order valence-corrected chi connectivity index (χ4v) is 2.95. The number of azo groups is 2. The van der Waals surface area contributed by atoms with Gasteiger partial charge in [-0.15, -0.1) is 10.2 Å². The molecule has 0 aliphatic carbocycles. The maximum atomic E-state index is 4.51. The zero-order valence-electron chi connectivity index (χ0n) is 13.8. The van der Waals surface area contributed by atoms with Crippen molar-refractivity contribution in [3.05, 3.63) is 78.9 Å². The molecule has 0 heterocycles. The lowest BCUT2D eigenvalue weighted by Gasteiger charge is -2.04. The van der Waals surface area contributed by atoms with Crippen LogP contribution in [0.15, 0.2) is 99.3 Å². The second-order valence-corrected chi connectivity index (χ2v) is 5.65. The first-order chi connectivity index (χ1) is 12.4. The highest BCUT2D eigenvalue weighted by Crippen LogP contribution is 2.35. The highest BCUT2D eigenvalue weighted by atomic mass is 15.1. The summed E-state index contributed by atoms with van der Waals surface area (Å²) in [5.41, 5.74) is 2.51. The molecular weight excluding hydrogens is 308 g/mol. The van der Waals surface area contributed by atoms with Crippen molar-refractivity contribution in [3.63, 3.8) is 0 Å². The van der Waals surface area contributed by atoms with Crippen molar-refractivity contribution in [2.45, 2.75) is 0 Å². The summed E-state index contributed by atoms with van der Waals surface area (Å²) in [6.07, 6.45) is 0. The van der Waals surface area contributed by atoms with Gasteiger partial charge in [-0.3, -0.25) is 0 Å². The Morgan fingerprint density at radius 1 is 0.480 bits per heavy atom. The van der Waals surface area contributed by atoms with Crippen molar-refractivity contribution in [2.75, 3.05) is 7.05 Å². The summed E-state index contributed by atoms with van der Waals surface area (Å²) < 4.78 is 0. The predicted octanol–water partition coefficient (Wildman–Crippen LogP) is 7.12. The maximum Gasteiger partial charge on any atom is 0.0936 e. The molecule has 0 saturated carbocycles. The Labute approximate surface area is 145 Å². The molecule has 0 bridgehead atoms. The van der Waals surface area contributed by atoms with Crippen LogP contribution in [0.1, 0.15) is 0 Å². The Morgan fingerprint density at radius 2 is 1.00 bits per heavy atom. The SMILES string of the molecule is CN=Nc1ccc(N=Nc2cccc3ccccc23)c2ccccc12. The van der Waals surface area contributed by atoms with Gasteiger partial charge in [-0.25, -0.2) is 0 Å². The number of benzene rings is 4. The Hall–Kier alpha value is -3.40. The van der Waals surface area contributed by atoms with E-state index in [0.29, 0.717) is 0 Å². The smallest absolute Gasteiger partial charge is 0.0936 e. The average Bonchev–Trinajstić information content (AvgIpc) is 2.67. The molecule has 0 saturated heterocycles. The number of hydrogen-bond donors (Lipinski definition) is 0. The largest absolute Gasteiger partial charge is 0.192 e. The van der Waals surface area contributed by atoms with E-state index >= 15 is 0 Å². The number of nitrogens with zero attached hydrogens (tertiary/aromatic N) is 4. The van der Waals surface area contributed by atoms with Gasteiger partial charge in [0.2, 0.25) is 0 Å². The molecule has 0 N–H and O–H groups in total. The van der Waals surface area contributed by atoms with Gasteiger partial charge in [0.1, 0.15) is 0 Å². The first kappa shape index (κ1) is 15.1. The van der Waals surface area contributed by atoms with Crippen LogP contribution in [0.5, 0.6) is 0 Å². The van der Waals surface area contributed by atoms with Gasteiger partial charge in [-0.05, 0) is 23.6 Å². The van der Waals surface area contributed by atoms with Gasteiger partial charge in [0.15, 0.2) is 0 Å². The molecule has 4 aromatic carbocycles. The van der Waals surface area contributed by atoms with Crippen LogP contribution in [0.4, 0.5) is 17.1 Å². The zero-order valence-corrected chi connectivity index (χ0v) is 13.8. The van der Waals surface area contributed by atoms with Crippen molar-refractivity contribution >= 4 is 38.6 Å². The zero-order chi connectivity index (χ0) is 17.1. The Morgan fingerprint density at radius 3 is 1.68 bits per heavy atom. The van der Waals surface area contributed by atoms with Crippen LogP contribution in [0, 0.1) is 0 Å². The fraction of sp³-hybridized carbons (Fsp3) is 0.0476. The van der Waals surface area contributed by atoms with Gasteiger partial charge >= 0.3 is 0 Å². The molecule has 120 valence electrons. The molecule has 0 aromatic heterocycles. The molecule has 4 aromatic rings. The van der Waals surface area contributed by atoms with Crippen molar-refractivity contribution in [2.24, 2.45) is 20.5 Å². The third kappa shape index (κ3) is 2.90. The lowest BCUT2D eigenvalue weighted by atomic mass is 10.1. The summed E-state index contributed by atoms with van der Waals surface area (Å²) in [5.74, 6) is 0. The molecule has 25 heavy (non-hydrogen) atoms. The van der Waals surface area contributed by atoms with Crippen LogP contribution in [-0.4, -0.2) is 7.05 Å². The molecule has 4 heteroatoms. The minimum Gasteiger partial charge on any atom is -0.192 e. The monoisotopic (exact) mass is 324 g/mol. The summed E-state index contributed by atoms with van der Waals surface area (Å²) in [7, 11) is 1.67. The average molecular weight is 324 g/mol. The van der Waals surface area contributed by atoms with E-state index in [2.05, 4.69) is 38.7 Å². The maximum absolute atomic E-state index is 4.51. The van der Waals surface area contributed by atoms with Crippen LogP contribution < -0.4 is 0 Å². The molecule has 0 radical (unpaired) electrons. The molecule has 4 nitrogen and oxygen atoms in total. The third-order valence-corrected chi connectivity index (χ3v) is 4.12. The molecule has 0 atom stereocenters. The van der Waals surface area contributed by atoms with Crippen molar-refractivity contribution in [3.8, 4) is 0 Å². The predicted molar refractivity (Wildman–Crippen MR) is 103 cm³/mol. The summed E-state index contributed by atoms with van der Waals surface area (Å²) in [6, 6.07) is 26.1. The van der Waals surface area contributed by atoms with Crippen LogP contribution in [0.2, 0.25) is 0 Å². The highest BCUT2D eigenvalue weighted by Gasteiger charge is 2.05. The molecule has 0 spiro atoms. The van der Waals surface area contributed by atoms with Gasteiger partial charge in [0.25, 0.3) is 0 Å². The minimum absolute atomic E-state index is 0.818. The molecule has 0 fully saturated rings. The highest BCUT2D eigenvalue weighted by molar-refractivity contribution is 5.99. The van der Waals surface area contributed by atoms with Gasteiger partial charge in [0.05, 0.1) is 17.1 Å². The van der Waals surface area contributed by atoms with Gasteiger partial charge in [-0.2, -0.15) is 10.2 Å². The topological polar surface area (TPSA) is 49.4 Å². The van der Waals surface area contributed by atoms with E-state index in [-0.39, 0.29) is 0 Å². The number of rotatable bonds is 3. The van der Waals surface area contributed by atoms with E-state index in [0.717, 1.165) is 38.6 Å².